The molecule has 1 aromatic rings. The van der Waals surface area contributed by atoms with E-state index in [4.69, 9.17) is 4.74 Å². The highest BCUT2D eigenvalue weighted by Crippen LogP contribution is 2.44. The van der Waals surface area contributed by atoms with Crippen LogP contribution in [0.2, 0.25) is 0 Å². The summed E-state index contributed by atoms with van der Waals surface area (Å²) in [5.74, 6) is 3.11. The van der Waals surface area contributed by atoms with E-state index < -0.39 is 0 Å². The summed E-state index contributed by atoms with van der Waals surface area (Å²) >= 11 is 1.94. The molecule has 2 aliphatic heterocycles. The van der Waals surface area contributed by atoms with Crippen LogP contribution in [0.5, 0.6) is 5.75 Å². The third kappa shape index (κ3) is 4.79. The molecular weight excluding hydrogens is 396 g/mol. The lowest BCUT2D eigenvalue weighted by molar-refractivity contribution is -0.137. The Hall–Kier alpha value is -1.69. The van der Waals surface area contributed by atoms with E-state index in [2.05, 4.69) is 4.90 Å². The summed E-state index contributed by atoms with van der Waals surface area (Å²) in [4.78, 5) is 29.9. The van der Waals surface area contributed by atoms with Crippen LogP contribution < -0.4 is 4.74 Å². The van der Waals surface area contributed by atoms with Gasteiger partial charge in [-0.15, -0.1) is 11.8 Å². The molecule has 1 saturated carbocycles. The van der Waals surface area contributed by atoms with Gasteiger partial charge in [0, 0.05) is 31.8 Å². The van der Waals surface area contributed by atoms with Crippen molar-refractivity contribution in [2.24, 2.45) is 5.92 Å². The summed E-state index contributed by atoms with van der Waals surface area (Å²) in [6.45, 7) is 2.36. The van der Waals surface area contributed by atoms with E-state index in [0.717, 1.165) is 61.9 Å². The van der Waals surface area contributed by atoms with Crippen molar-refractivity contribution >= 4 is 23.6 Å². The molecule has 1 aromatic carbocycles. The van der Waals surface area contributed by atoms with E-state index in [1.54, 1.807) is 7.11 Å². The molecule has 0 bridgehead atoms. The number of carbonyl (C=O) groups is 2. The van der Waals surface area contributed by atoms with Gasteiger partial charge in [0.15, 0.2) is 0 Å². The molecule has 1 spiro atoms. The Kier molecular flexibility index (Phi) is 6.91. The minimum absolute atomic E-state index is 0.0797. The molecule has 0 atom stereocenters. The van der Waals surface area contributed by atoms with Gasteiger partial charge in [0.2, 0.25) is 11.8 Å². The van der Waals surface area contributed by atoms with Crippen LogP contribution in [0.15, 0.2) is 24.3 Å². The summed E-state index contributed by atoms with van der Waals surface area (Å²) in [7, 11) is 1.65. The van der Waals surface area contributed by atoms with Gasteiger partial charge in [-0.1, -0.05) is 37.8 Å². The molecule has 0 N–H and O–H groups in total. The van der Waals surface area contributed by atoms with Gasteiger partial charge in [0.1, 0.15) is 5.75 Å². The van der Waals surface area contributed by atoms with Crippen LogP contribution in [-0.4, -0.2) is 59.0 Å². The predicted molar refractivity (Wildman–Crippen MR) is 121 cm³/mol. The molecule has 0 aromatic heterocycles. The maximum atomic E-state index is 13.0. The van der Waals surface area contributed by atoms with E-state index in [0.29, 0.717) is 18.7 Å². The molecule has 6 heteroatoms. The van der Waals surface area contributed by atoms with Crippen molar-refractivity contribution in [1.82, 2.24) is 9.80 Å². The van der Waals surface area contributed by atoms with Crippen LogP contribution in [0, 0.1) is 5.92 Å². The van der Waals surface area contributed by atoms with Crippen LogP contribution >= 0.6 is 11.8 Å². The molecule has 2 heterocycles. The fourth-order valence-electron chi connectivity index (χ4n) is 5.27. The van der Waals surface area contributed by atoms with Gasteiger partial charge in [0.25, 0.3) is 0 Å². The smallest absolute Gasteiger partial charge is 0.226 e. The summed E-state index contributed by atoms with van der Waals surface area (Å²) in [5, 5.41) is 0. The number of hydrogen-bond donors (Lipinski definition) is 0. The summed E-state index contributed by atoms with van der Waals surface area (Å²) < 4.78 is 5.19. The Morgan fingerprint density at radius 3 is 2.43 bits per heavy atom. The molecule has 2 amide bonds. The van der Waals surface area contributed by atoms with Crippen molar-refractivity contribution in [3.05, 3.63) is 29.8 Å². The first-order valence-corrected chi connectivity index (χ1v) is 12.4. The first-order chi connectivity index (χ1) is 14.6. The number of rotatable bonds is 6. The van der Waals surface area contributed by atoms with Crippen molar-refractivity contribution in [2.45, 2.75) is 62.7 Å². The molecule has 164 valence electrons. The summed E-state index contributed by atoms with van der Waals surface area (Å²) in [5.41, 5.74) is 1.01. The second-order valence-corrected chi connectivity index (χ2v) is 10.4. The zero-order valence-electron chi connectivity index (χ0n) is 18.1. The van der Waals surface area contributed by atoms with E-state index in [1.165, 1.54) is 25.7 Å². The van der Waals surface area contributed by atoms with Gasteiger partial charge in [-0.2, -0.15) is 0 Å². The molecule has 0 radical (unpaired) electrons. The number of carbonyl (C=O) groups excluding carboxylic acids is 2. The molecule has 3 fully saturated rings. The number of nitrogens with zero attached hydrogens (tertiary/aromatic N) is 2. The third-order valence-electron chi connectivity index (χ3n) is 7.13. The van der Waals surface area contributed by atoms with Crippen molar-refractivity contribution in [3.63, 3.8) is 0 Å². The number of benzene rings is 1. The normalized spacial score (nSPS) is 21.4. The van der Waals surface area contributed by atoms with Gasteiger partial charge in [-0.25, -0.2) is 0 Å². The summed E-state index contributed by atoms with van der Waals surface area (Å²) in [6, 6.07) is 7.72. The fourth-order valence-corrected chi connectivity index (χ4v) is 6.75. The van der Waals surface area contributed by atoms with Gasteiger partial charge >= 0.3 is 0 Å². The first-order valence-electron chi connectivity index (χ1n) is 11.4. The Morgan fingerprint density at radius 1 is 1.07 bits per heavy atom. The largest absolute Gasteiger partial charge is 0.497 e. The zero-order chi connectivity index (χ0) is 21.0. The van der Waals surface area contributed by atoms with Crippen LogP contribution in [0.1, 0.15) is 56.9 Å². The van der Waals surface area contributed by atoms with E-state index in [-0.39, 0.29) is 10.8 Å². The molecule has 3 aliphatic rings. The van der Waals surface area contributed by atoms with Gasteiger partial charge in [-0.3, -0.25) is 9.59 Å². The highest BCUT2D eigenvalue weighted by Gasteiger charge is 2.46. The Bertz CT molecular complexity index is 737. The number of thioether (sulfide) groups is 1. The highest BCUT2D eigenvalue weighted by molar-refractivity contribution is 8.00. The quantitative estimate of drug-likeness (QED) is 0.682. The topological polar surface area (TPSA) is 49.9 Å². The predicted octanol–water partition coefficient (Wildman–Crippen LogP) is 4.10. The number of ether oxygens (including phenoxy) is 1. The van der Waals surface area contributed by atoms with Crippen LogP contribution in [-0.2, 0) is 16.0 Å². The van der Waals surface area contributed by atoms with E-state index >= 15 is 0 Å². The number of hydrogen-bond acceptors (Lipinski definition) is 4. The lowest BCUT2D eigenvalue weighted by Crippen LogP contribution is -2.53. The van der Waals surface area contributed by atoms with Crippen molar-refractivity contribution in [1.29, 1.82) is 0 Å². The molecule has 30 heavy (non-hydrogen) atoms. The maximum absolute atomic E-state index is 13.0. The van der Waals surface area contributed by atoms with E-state index in [1.807, 2.05) is 40.9 Å². The van der Waals surface area contributed by atoms with Gasteiger partial charge in [0.05, 0.1) is 18.4 Å². The second-order valence-electron chi connectivity index (χ2n) is 8.93. The van der Waals surface area contributed by atoms with Crippen molar-refractivity contribution in [2.75, 3.05) is 32.5 Å². The van der Waals surface area contributed by atoms with Crippen LogP contribution in [0.3, 0.4) is 0 Å². The molecule has 0 unspecified atom stereocenters. The SMILES string of the molecule is COc1ccc(CC(=O)N2CCC3(CC2)SCCN3C(=O)CCC2CCCC2)cc1. The third-order valence-corrected chi connectivity index (χ3v) is 8.68. The summed E-state index contributed by atoms with van der Waals surface area (Å²) in [6.07, 6.45) is 9.24. The first kappa shape index (κ1) is 21.5. The van der Waals surface area contributed by atoms with Crippen molar-refractivity contribution < 1.29 is 14.3 Å². The zero-order valence-corrected chi connectivity index (χ0v) is 18.9. The molecular formula is C24H34N2O3S. The average Bonchev–Trinajstić information content (AvgIpc) is 3.43. The van der Waals surface area contributed by atoms with Gasteiger partial charge < -0.3 is 14.5 Å². The number of likely N-dealkylation sites (tertiary alicyclic amines) is 1. The van der Waals surface area contributed by atoms with Crippen LogP contribution in [0.25, 0.3) is 0 Å². The Balaban J connectivity index is 1.29. The minimum Gasteiger partial charge on any atom is -0.497 e. The molecule has 1 aliphatic carbocycles. The van der Waals surface area contributed by atoms with Crippen LogP contribution in [0.4, 0.5) is 0 Å². The number of methoxy groups -OCH3 is 1. The fraction of sp³-hybridized carbons (Fsp3) is 0.667. The lowest BCUT2D eigenvalue weighted by Gasteiger charge is -2.44. The van der Waals surface area contributed by atoms with Gasteiger partial charge in [-0.05, 0) is 42.9 Å². The molecule has 4 rings (SSSR count). The average molecular weight is 431 g/mol. The Morgan fingerprint density at radius 2 is 1.77 bits per heavy atom. The highest BCUT2D eigenvalue weighted by atomic mass is 32.2. The van der Waals surface area contributed by atoms with E-state index in [9.17, 15) is 9.59 Å². The lowest BCUT2D eigenvalue weighted by atomic mass is 9.98. The number of piperidine rings is 1. The molecule has 5 nitrogen and oxygen atoms in total. The Labute approximate surface area is 184 Å². The minimum atomic E-state index is -0.0797. The van der Waals surface area contributed by atoms with Crippen molar-refractivity contribution in [3.8, 4) is 5.75 Å². The molecule has 2 saturated heterocycles. The maximum Gasteiger partial charge on any atom is 0.226 e. The standard InChI is InChI=1S/C24H34N2O3S/c1-29-21-9-6-20(7-10-21)18-23(28)25-14-12-24(13-15-25)26(16-17-30-24)22(27)11-8-19-4-2-3-5-19/h6-7,9-10,19H,2-5,8,11-18H2,1H3. The monoisotopic (exact) mass is 430 g/mol. The number of amides is 2. The second kappa shape index (κ2) is 9.63.